The summed E-state index contributed by atoms with van der Waals surface area (Å²) in [6, 6.07) is 0. The van der Waals surface area contributed by atoms with Crippen molar-refractivity contribution in [2.45, 2.75) is 34.1 Å². The average molecular weight is 237 g/mol. The van der Waals surface area contributed by atoms with E-state index in [1.165, 1.54) is 13.8 Å². The molecule has 0 atom stereocenters. The molecule has 0 fully saturated rings. The molecule has 0 aliphatic heterocycles. The number of hydrogen-bond acceptors (Lipinski definition) is 3. The van der Waals surface area contributed by atoms with Gasteiger partial charge in [-0.15, -0.1) is 0 Å². The van der Waals surface area contributed by atoms with Gasteiger partial charge in [-0.05, 0) is 19.8 Å². The van der Waals surface area contributed by atoms with Gasteiger partial charge in [0, 0.05) is 17.6 Å². The third-order valence-electron chi connectivity index (χ3n) is 1.97. The van der Waals surface area contributed by atoms with Crippen LogP contribution in [0.25, 0.3) is 0 Å². The Morgan fingerprint density at radius 1 is 1.00 bits per heavy atom. The van der Waals surface area contributed by atoms with Crippen LogP contribution in [0, 0.1) is 5.92 Å². The molecule has 0 aliphatic carbocycles. The molecule has 0 saturated heterocycles. The van der Waals surface area contributed by atoms with Gasteiger partial charge in [0.1, 0.15) is 0 Å². The monoisotopic (exact) mass is 237 g/mol. The predicted molar refractivity (Wildman–Crippen MR) is 65.9 cm³/mol. The molecule has 0 aromatic carbocycles. The topological polar surface area (TPSA) is 54.5 Å². The van der Waals surface area contributed by atoms with E-state index >= 15 is 0 Å². The van der Waals surface area contributed by atoms with Gasteiger partial charge in [-0.1, -0.05) is 27.0 Å². The van der Waals surface area contributed by atoms with E-state index in [0.717, 1.165) is 0 Å². The molecule has 0 rings (SSSR count). The fourth-order valence-electron chi connectivity index (χ4n) is 1.14. The Bertz CT molecular complexity index is 354. The summed E-state index contributed by atoms with van der Waals surface area (Å²) in [4.78, 5) is 36.0. The molecule has 3 amide bonds. The molecule has 0 radical (unpaired) electrons. The first kappa shape index (κ1) is 15.3. The van der Waals surface area contributed by atoms with Gasteiger partial charge in [0.25, 0.3) is 11.8 Å². The van der Waals surface area contributed by atoms with Crippen LogP contribution < -0.4 is 0 Å². The lowest BCUT2D eigenvalue weighted by molar-refractivity contribution is -0.150. The Kier molecular flexibility index (Phi) is 5.51. The first-order valence-electron chi connectivity index (χ1n) is 5.41. The van der Waals surface area contributed by atoms with Crippen LogP contribution in [-0.4, -0.2) is 22.6 Å². The van der Waals surface area contributed by atoms with Crippen molar-refractivity contribution in [1.82, 2.24) is 4.90 Å². The Hall–Kier alpha value is -1.71. The van der Waals surface area contributed by atoms with Gasteiger partial charge in [0.15, 0.2) is 0 Å². The molecule has 0 saturated carbocycles. The van der Waals surface area contributed by atoms with Gasteiger partial charge in [0.2, 0.25) is 5.91 Å². The van der Waals surface area contributed by atoms with E-state index in [1.54, 1.807) is 0 Å². The highest BCUT2D eigenvalue weighted by Crippen LogP contribution is 2.10. The maximum Gasteiger partial charge on any atom is 0.262 e. The van der Waals surface area contributed by atoms with Gasteiger partial charge >= 0.3 is 0 Å². The van der Waals surface area contributed by atoms with E-state index < -0.39 is 17.7 Å². The Morgan fingerprint density at radius 3 is 1.59 bits per heavy atom. The average Bonchev–Trinajstić information content (AvgIpc) is 2.15. The SMILES string of the molecule is C=C(C)C(=O)N(C(=O)CC(C)C)C(=O)C(=C)C. The van der Waals surface area contributed by atoms with E-state index in [4.69, 9.17) is 0 Å². The van der Waals surface area contributed by atoms with E-state index in [9.17, 15) is 14.4 Å². The largest absolute Gasteiger partial charge is 0.274 e. The highest BCUT2D eigenvalue weighted by atomic mass is 16.2. The molecule has 0 unspecified atom stereocenters. The number of carbonyl (C=O) groups excluding carboxylic acids is 3. The van der Waals surface area contributed by atoms with Crippen molar-refractivity contribution in [3.8, 4) is 0 Å². The number of hydrogen-bond donors (Lipinski definition) is 0. The molecule has 94 valence electrons. The minimum Gasteiger partial charge on any atom is -0.274 e. The Morgan fingerprint density at radius 2 is 1.35 bits per heavy atom. The third-order valence-corrected chi connectivity index (χ3v) is 1.97. The number of rotatable bonds is 4. The fourth-order valence-corrected chi connectivity index (χ4v) is 1.14. The molecule has 0 spiro atoms. The lowest BCUT2D eigenvalue weighted by atomic mass is 10.1. The van der Waals surface area contributed by atoms with E-state index in [1.807, 2.05) is 13.8 Å². The third kappa shape index (κ3) is 4.34. The van der Waals surface area contributed by atoms with Crippen molar-refractivity contribution in [1.29, 1.82) is 0 Å². The maximum atomic E-state index is 11.8. The van der Waals surface area contributed by atoms with E-state index in [0.29, 0.717) is 4.90 Å². The molecule has 0 aromatic heterocycles. The van der Waals surface area contributed by atoms with Crippen LogP contribution in [0.4, 0.5) is 0 Å². The van der Waals surface area contributed by atoms with Gasteiger partial charge in [-0.25, -0.2) is 4.90 Å². The number of carbonyl (C=O) groups is 3. The van der Waals surface area contributed by atoms with E-state index in [-0.39, 0.29) is 23.5 Å². The van der Waals surface area contributed by atoms with Crippen LogP contribution in [0.2, 0.25) is 0 Å². The van der Waals surface area contributed by atoms with Crippen LogP contribution in [0.5, 0.6) is 0 Å². The van der Waals surface area contributed by atoms with Gasteiger partial charge in [-0.3, -0.25) is 14.4 Å². The van der Waals surface area contributed by atoms with Crippen LogP contribution in [-0.2, 0) is 14.4 Å². The van der Waals surface area contributed by atoms with E-state index in [2.05, 4.69) is 13.2 Å². The maximum absolute atomic E-state index is 11.8. The minimum atomic E-state index is -0.663. The van der Waals surface area contributed by atoms with Crippen molar-refractivity contribution in [2.24, 2.45) is 5.92 Å². The van der Waals surface area contributed by atoms with Crippen LogP contribution in [0.3, 0.4) is 0 Å². The van der Waals surface area contributed by atoms with Crippen molar-refractivity contribution >= 4 is 17.7 Å². The quantitative estimate of drug-likeness (QED) is 0.703. The molecule has 4 nitrogen and oxygen atoms in total. The molecule has 0 bridgehead atoms. The number of amides is 3. The van der Waals surface area contributed by atoms with Crippen LogP contribution in [0.15, 0.2) is 24.3 Å². The lowest BCUT2D eigenvalue weighted by Gasteiger charge is -2.20. The summed E-state index contributed by atoms with van der Waals surface area (Å²) < 4.78 is 0. The summed E-state index contributed by atoms with van der Waals surface area (Å²) in [6.45, 7) is 13.5. The van der Waals surface area contributed by atoms with Gasteiger partial charge < -0.3 is 0 Å². The Balaban J connectivity index is 5.19. The first-order valence-corrected chi connectivity index (χ1v) is 5.41. The van der Waals surface area contributed by atoms with Crippen LogP contribution in [0.1, 0.15) is 34.1 Å². The number of imide groups is 3. The molecule has 4 heteroatoms. The number of nitrogens with zero attached hydrogens (tertiary/aromatic N) is 1. The van der Waals surface area contributed by atoms with Crippen molar-refractivity contribution in [2.75, 3.05) is 0 Å². The zero-order valence-electron chi connectivity index (χ0n) is 10.9. The predicted octanol–water partition coefficient (Wildman–Crippen LogP) is 2.07. The van der Waals surface area contributed by atoms with Crippen LogP contribution >= 0.6 is 0 Å². The van der Waals surface area contributed by atoms with Crippen molar-refractivity contribution < 1.29 is 14.4 Å². The van der Waals surface area contributed by atoms with Crippen molar-refractivity contribution in [3.63, 3.8) is 0 Å². The highest BCUT2D eigenvalue weighted by molar-refractivity contribution is 6.19. The normalized spacial score (nSPS) is 9.94. The lowest BCUT2D eigenvalue weighted by Crippen LogP contribution is -2.42. The summed E-state index contributed by atoms with van der Waals surface area (Å²) >= 11 is 0. The van der Waals surface area contributed by atoms with Gasteiger partial charge in [0.05, 0.1) is 0 Å². The molecule has 0 aromatic rings. The van der Waals surface area contributed by atoms with Gasteiger partial charge in [-0.2, -0.15) is 0 Å². The second-order valence-corrected chi connectivity index (χ2v) is 4.50. The molecule has 0 aliphatic rings. The van der Waals surface area contributed by atoms with Crippen molar-refractivity contribution in [3.05, 3.63) is 24.3 Å². The second-order valence-electron chi connectivity index (χ2n) is 4.50. The Labute approximate surface area is 102 Å². The first-order chi connectivity index (χ1) is 7.68. The molecular weight excluding hydrogens is 218 g/mol. The zero-order valence-corrected chi connectivity index (χ0v) is 10.9. The zero-order chi connectivity index (χ0) is 13.7. The molecular formula is C13H19NO3. The smallest absolute Gasteiger partial charge is 0.262 e. The fraction of sp³-hybridized carbons (Fsp3) is 0.462. The summed E-state index contributed by atoms with van der Waals surface area (Å²) in [5, 5.41) is 0. The summed E-state index contributed by atoms with van der Waals surface area (Å²) in [7, 11) is 0. The summed E-state index contributed by atoms with van der Waals surface area (Å²) in [5.41, 5.74) is 0.299. The molecule has 0 N–H and O–H groups in total. The summed E-state index contributed by atoms with van der Waals surface area (Å²) in [5.74, 6) is -1.77. The second kappa shape index (κ2) is 6.13. The minimum absolute atomic E-state index is 0.0702. The molecule has 17 heavy (non-hydrogen) atoms. The summed E-state index contributed by atoms with van der Waals surface area (Å²) in [6.07, 6.45) is 0.137. The standard InChI is InChI=1S/C13H19NO3/c1-8(2)7-11(15)14(12(16)9(3)4)13(17)10(5)6/h8H,3,5,7H2,1-2,4,6H3. The molecule has 0 heterocycles. The highest BCUT2D eigenvalue weighted by Gasteiger charge is 2.29.